The number of hydrogen-bond donors (Lipinski definition) is 2. The molecule has 35 heavy (non-hydrogen) atoms. The lowest BCUT2D eigenvalue weighted by molar-refractivity contribution is -0.655. The van der Waals surface area contributed by atoms with Crippen molar-refractivity contribution in [3.8, 4) is 5.75 Å². The van der Waals surface area contributed by atoms with Crippen molar-refractivity contribution < 1.29 is 41.8 Å². The number of carbonyl (C=O) groups is 3. The molecule has 2 aliphatic rings. The summed E-state index contributed by atoms with van der Waals surface area (Å²) in [6.07, 6.45) is 1.31. The number of anilines is 2. The zero-order valence-electron chi connectivity index (χ0n) is 18.9. The monoisotopic (exact) mass is 501 g/mol. The molecule has 12 heteroatoms. The minimum atomic E-state index is -0.873. The molecule has 2 aromatic rings. The fourth-order valence-corrected chi connectivity index (χ4v) is 3.96. The highest BCUT2D eigenvalue weighted by molar-refractivity contribution is 6.39. The number of nitrogens with two attached hydrogens (primary N) is 1. The molecule has 0 bridgehead atoms. The Morgan fingerprint density at radius 3 is 2.43 bits per heavy atom. The maximum atomic E-state index is 13.3. The molecular weight excluding hydrogens is 478 g/mol. The third kappa shape index (κ3) is 5.42. The number of hydrogen-bond acceptors (Lipinski definition) is 7. The number of non-ortho nitro benzene ring substituents is 1. The van der Waals surface area contributed by atoms with Crippen molar-refractivity contribution in [2.24, 2.45) is 0 Å². The summed E-state index contributed by atoms with van der Waals surface area (Å²) >= 11 is 0. The number of carbonyl (C=O) groups excluding carboxylic acids is 3. The molecule has 0 radical (unpaired) electrons. The molecule has 4 rings (SSSR count). The first kappa shape index (κ1) is 25.7. The van der Waals surface area contributed by atoms with Crippen LogP contribution in [0, 0.1) is 10.1 Å². The molecular formula is C23H24ClN5O6. The molecule has 184 valence electrons. The van der Waals surface area contributed by atoms with Crippen molar-refractivity contribution in [3.05, 3.63) is 63.7 Å². The minimum absolute atomic E-state index is 0. The van der Waals surface area contributed by atoms with E-state index in [-0.39, 0.29) is 29.4 Å². The van der Waals surface area contributed by atoms with Crippen LogP contribution in [0.2, 0.25) is 0 Å². The van der Waals surface area contributed by atoms with Crippen LogP contribution in [-0.2, 0) is 9.59 Å². The smallest absolute Gasteiger partial charge is 0.335 e. The maximum absolute atomic E-state index is 13.3. The van der Waals surface area contributed by atoms with Crippen molar-refractivity contribution in [2.75, 3.05) is 42.6 Å². The third-order valence-corrected chi connectivity index (χ3v) is 5.58. The highest BCUT2D eigenvalue weighted by Gasteiger charge is 2.37. The van der Waals surface area contributed by atoms with Crippen LogP contribution in [0.3, 0.4) is 0 Å². The average molecular weight is 502 g/mol. The number of imide groups is 2. The third-order valence-electron chi connectivity index (χ3n) is 5.58. The van der Waals surface area contributed by atoms with Crippen LogP contribution in [0.5, 0.6) is 5.75 Å². The van der Waals surface area contributed by atoms with Crippen molar-refractivity contribution in [3.63, 3.8) is 0 Å². The Hall–Kier alpha value is -3.96. The fraction of sp³-hybridized carbons (Fsp3) is 0.261. The van der Waals surface area contributed by atoms with Gasteiger partial charge in [0.25, 0.3) is 17.5 Å². The van der Waals surface area contributed by atoms with E-state index in [4.69, 9.17) is 4.74 Å². The Kier molecular flexibility index (Phi) is 8.05. The molecule has 4 amide bonds. The number of nitrogens with one attached hydrogen (secondary N) is 1. The van der Waals surface area contributed by atoms with Crippen LogP contribution >= 0.6 is 0 Å². The van der Waals surface area contributed by atoms with E-state index in [0.717, 1.165) is 18.0 Å². The van der Waals surface area contributed by atoms with Gasteiger partial charge < -0.3 is 27.4 Å². The Morgan fingerprint density at radius 1 is 1.11 bits per heavy atom. The summed E-state index contributed by atoms with van der Waals surface area (Å²) in [5.74, 6) is -1.10. The van der Waals surface area contributed by atoms with Gasteiger partial charge in [-0.3, -0.25) is 25.0 Å². The van der Waals surface area contributed by atoms with Crippen molar-refractivity contribution in [1.82, 2.24) is 5.32 Å². The van der Waals surface area contributed by atoms with E-state index in [0.29, 0.717) is 36.7 Å². The molecule has 0 atom stereocenters. The minimum Gasteiger partial charge on any atom is -1.00 e. The van der Waals surface area contributed by atoms with Gasteiger partial charge in [-0.15, -0.1) is 0 Å². The van der Waals surface area contributed by atoms with Gasteiger partial charge in [-0.05, 0) is 43.3 Å². The predicted molar refractivity (Wildman–Crippen MR) is 124 cm³/mol. The lowest BCUT2D eigenvalue weighted by Crippen LogP contribution is -3.00. The molecule has 11 nitrogen and oxygen atoms in total. The summed E-state index contributed by atoms with van der Waals surface area (Å²) in [6.45, 7) is 5.43. The van der Waals surface area contributed by atoms with Gasteiger partial charge >= 0.3 is 6.03 Å². The number of nitro benzene ring substituents is 1. The van der Waals surface area contributed by atoms with Gasteiger partial charge in [-0.25, -0.2) is 9.69 Å². The molecule has 2 fully saturated rings. The lowest BCUT2D eigenvalue weighted by Gasteiger charge is -2.29. The lowest BCUT2D eigenvalue weighted by atomic mass is 10.0. The van der Waals surface area contributed by atoms with Gasteiger partial charge in [0.15, 0.2) is 0 Å². The first-order valence-corrected chi connectivity index (χ1v) is 10.9. The molecule has 0 unspecified atom stereocenters. The second kappa shape index (κ2) is 11.0. The van der Waals surface area contributed by atoms with E-state index in [1.54, 1.807) is 30.3 Å². The van der Waals surface area contributed by atoms with Gasteiger partial charge in [-0.2, -0.15) is 0 Å². The Morgan fingerprint density at radius 2 is 1.80 bits per heavy atom. The van der Waals surface area contributed by atoms with Gasteiger partial charge in [0.2, 0.25) is 0 Å². The van der Waals surface area contributed by atoms with Crippen LogP contribution < -0.4 is 37.6 Å². The van der Waals surface area contributed by atoms with E-state index in [1.807, 2.05) is 6.92 Å². The summed E-state index contributed by atoms with van der Waals surface area (Å²) < 4.78 is 5.39. The molecule has 0 spiro atoms. The summed E-state index contributed by atoms with van der Waals surface area (Å²) in [5, 5.41) is 15.7. The number of nitrogens with zero attached hydrogens (tertiary/aromatic N) is 3. The number of urea groups is 1. The summed E-state index contributed by atoms with van der Waals surface area (Å²) in [6, 6.07) is 9.79. The molecule has 0 aliphatic carbocycles. The summed E-state index contributed by atoms with van der Waals surface area (Å²) in [5.41, 5.74) is 0.836. The zero-order valence-corrected chi connectivity index (χ0v) is 19.7. The van der Waals surface area contributed by atoms with Crippen LogP contribution in [0.4, 0.5) is 21.9 Å². The standard InChI is InChI=1S/C23H23N5O6.ClH/c1-2-34-18-6-3-16(4-7-18)27-22(30)19(21(29)25-23(27)31)14-15-13-17(28(32)33)5-8-20(15)26-11-9-24-10-12-26;/h3-8,13-14,24H,2,9-12H2,1H3,(H,25,29,31);1H/b19-14-;. The van der Waals surface area contributed by atoms with E-state index in [9.17, 15) is 24.5 Å². The van der Waals surface area contributed by atoms with Crippen molar-refractivity contribution >= 4 is 41.0 Å². The number of nitro groups is 1. The van der Waals surface area contributed by atoms with Gasteiger partial charge in [0.1, 0.15) is 11.3 Å². The number of piperazine rings is 1. The molecule has 2 aliphatic heterocycles. The largest absolute Gasteiger partial charge is 1.00 e. The number of benzene rings is 2. The topological polar surface area (TPSA) is 139 Å². The van der Waals surface area contributed by atoms with Crippen LogP contribution in [-0.4, -0.2) is 55.6 Å². The van der Waals surface area contributed by atoms with Gasteiger partial charge in [0, 0.05) is 23.4 Å². The van der Waals surface area contributed by atoms with Gasteiger partial charge in [0.05, 0.1) is 43.4 Å². The van der Waals surface area contributed by atoms with E-state index < -0.39 is 22.8 Å². The number of barbiturate groups is 1. The van der Waals surface area contributed by atoms with E-state index >= 15 is 0 Å². The number of amides is 4. The number of ether oxygens (including phenoxy) is 1. The number of rotatable bonds is 6. The molecule has 3 N–H and O–H groups in total. The fourth-order valence-electron chi connectivity index (χ4n) is 3.96. The van der Waals surface area contributed by atoms with E-state index in [2.05, 4.69) is 15.5 Å². The summed E-state index contributed by atoms with van der Waals surface area (Å²) in [7, 11) is 0. The average Bonchev–Trinajstić information content (AvgIpc) is 2.83. The number of halogens is 1. The summed E-state index contributed by atoms with van der Waals surface area (Å²) in [4.78, 5) is 52.1. The van der Waals surface area contributed by atoms with E-state index in [1.165, 1.54) is 18.2 Å². The normalized spacial score (nSPS) is 17.2. The maximum Gasteiger partial charge on any atom is 0.335 e. The quantitative estimate of drug-likeness (QED) is 0.203. The molecule has 2 aromatic carbocycles. The van der Waals surface area contributed by atoms with Crippen molar-refractivity contribution in [2.45, 2.75) is 6.92 Å². The molecule has 0 saturated carbocycles. The first-order chi connectivity index (χ1) is 16.4. The second-order valence-electron chi connectivity index (χ2n) is 7.74. The van der Waals surface area contributed by atoms with Crippen LogP contribution in [0.25, 0.3) is 6.08 Å². The highest BCUT2D eigenvalue weighted by Crippen LogP contribution is 2.30. The predicted octanol–water partition coefficient (Wildman–Crippen LogP) is -1.95. The first-order valence-electron chi connectivity index (χ1n) is 10.9. The number of quaternary nitrogens is 1. The second-order valence-corrected chi connectivity index (χ2v) is 7.74. The SMILES string of the molecule is CCOc1ccc(N2C(=O)NC(=O)/C(=C/c3cc([N+](=O)[O-])ccc3N3CC[NH2+]CC3)C2=O)cc1.[Cl-]. The van der Waals surface area contributed by atoms with Crippen LogP contribution in [0.1, 0.15) is 12.5 Å². The van der Waals surface area contributed by atoms with Crippen LogP contribution in [0.15, 0.2) is 48.0 Å². The van der Waals surface area contributed by atoms with Crippen molar-refractivity contribution in [1.29, 1.82) is 0 Å². The Labute approximate surface area is 207 Å². The highest BCUT2D eigenvalue weighted by atomic mass is 35.5. The molecule has 2 heterocycles. The molecule has 0 aromatic heterocycles. The Balaban J connectivity index is 0.00000342. The van der Waals surface area contributed by atoms with Gasteiger partial charge in [-0.1, -0.05) is 0 Å². The zero-order chi connectivity index (χ0) is 24.2. The molecule has 2 saturated heterocycles. The Bertz CT molecular complexity index is 1180.